The molecule has 1 atom stereocenters. The fourth-order valence-corrected chi connectivity index (χ4v) is 4.35. The zero-order valence-electron chi connectivity index (χ0n) is 21.0. The Morgan fingerprint density at radius 1 is 0.895 bits per heavy atom. The number of hydrogen-bond acceptors (Lipinski definition) is 4. The molecule has 6 heteroatoms. The van der Waals surface area contributed by atoms with Gasteiger partial charge < -0.3 is 10.1 Å². The maximum absolute atomic E-state index is 12.9. The Kier molecular flexibility index (Phi) is 7.41. The number of rotatable bonds is 8. The maximum atomic E-state index is 12.9. The number of para-hydroxylation sites is 1. The number of amides is 1. The minimum absolute atomic E-state index is 0.335. The summed E-state index contributed by atoms with van der Waals surface area (Å²) in [7, 11) is 1.32. The molecule has 0 saturated heterocycles. The van der Waals surface area contributed by atoms with E-state index < -0.39 is 17.9 Å². The van der Waals surface area contributed by atoms with E-state index in [-0.39, 0.29) is 0 Å². The van der Waals surface area contributed by atoms with E-state index in [9.17, 15) is 9.59 Å². The van der Waals surface area contributed by atoms with E-state index in [2.05, 4.69) is 29.6 Å². The number of esters is 1. The summed E-state index contributed by atoms with van der Waals surface area (Å²) < 4.78 is 6.72. The molecule has 5 aromatic rings. The second-order valence-corrected chi connectivity index (χ2v) is 8.88. The second-order valence-electron chi connectivity index (χ2n) is 8.88. The highest BCUT2D eigenvalue weighted by molar-refractivity contribution is 5.96. The van der Waals surface area contributed by atoms with Gasteiger partial charge >= 0.3 is 5.97 Å². The highest BCUT2D eigenvalue weighted by Gasteiger charge is 2.21. The molecule has 1 heterocycles. The van der Waals surface area contributed by atoms with Crippen LogP contribution in [0.5, 0.6) is 0 Å². The van der Waals surface area contributed by atoms with Gasteiger partial charge in [0, 0.05) is 29.8 Å². The van der Waals surface area contributed by atoms with Crippen molar-refractivity contribution < 1.29 is 14.3 Å². The van der Waals surface area contributed by atoms with E-state index in [1.54, 1.807) is 10.8 Å². The molecule has 38 heavy (non-hydrogen) atoms. The molecule has 4 aromatic carbocycles. The van der Waals surface area contributed by atoms with Gasteiger partial charge in [-0.1, -0.05) is 84.9 Å². The van der Waals surface area contributed by atoms with E-state index >= 15 is 0 Å². The summed E-state index contributed by atoms with van der Waals surface area (Å²) in [5, 5.41) is 9.88. The number of nitrogens with one attached hydrogen (secondary N) is 1. The van der Waals surface area contributed by atoms with Crippen LogP contribution in [0.4, 0.5) is 0 Å². The summed E-state index contributed by atoms with van der Waals surface area (Å²) in [4.78, 5) is 25.3. The van der Waals surface area contributed by atoms with Gasteiger partial charge in [0.1, 0.15) is 6.04 Å². The largest absolute Gasteiger partial charge is 0.467 e. The Hall–Kier alpha value is -4.97. The number of benzene rings is 4. The first kappa shape index (κ1) is 24.7. The van der Waals surface area contributed by atoms with E-state index in [1.165, 1.54) is 13.2 Å². The molecule has 0 bridgehead atoms. The van der Waals surface area contributed by atoms with Gasteiger partial charge in [0.05, 0.1) is 18.5 Å². The van der Waals surface area contributed by atoms with Gasteiger partial charge in [-0.3, -0.25) is 4.79 Å². The molecular weight excluding hydrogens is 474 g/mol. The normalized spacial score (nSPS) is 11.9. The van der Waals surface area contributed by atoms with Crippen molar-refractivity contribution in [2.24, 2.45) is 0 Å². The minimum Gasteiger partial charge on any atom is -0.467 e. The third-order valence-electron chi connectivity index (χ3n) is 6.29. The molecule has 1 amide bonds. The van der Waals surface area contributed by atoms with Gasteiger partial charge in [0.25, 0.3) is 0 Å². The minimum atomic E-state index is -0.799. The van der Waals surface area contributed by atoms with Crippen LogP contribution in [-0.4, -0.2) is 34.8 Å². The fourth-order valence-electron chi connectivity index (χ4n) is 4.35. The number of nitrogens with zero attached hydrogens (tertiary/aromatic N) is 2. The lowest BCUT2D eigenvalue weighted by Crippen LogP contribution is -2.42. The molecule has 1 unspecified atom stereocenters. The van der Waals surface area contributed by atoms with Crippen LogP contribution < -0.4 is 5.32 Å². The lowest BCUT2D eigenvalue weighted by molar-refractivity contribution is -0.144. The Labute approximate surface area is 221 Å². The quantitative estimate of drug-likeness (QED) is 0.222. The summed E-state index contributed by atoms with van der Waals surface area (Å²) in [5.41, 5.74) is 4.30. The lowest BCUT2D eigenvalue weighted by atomic mass is 10.0. The SMILES string of the molecule is COC(=O)C(Cc1ccccc1)NC(=O)/C=C\c1cn(-c2ccccc2)nc1-c1ccc2ccccc2c1. The molecule has 188 valence electrons. The number of ether oxygens (including phenoxy) is 1. The Morgan fingerprint density at radius 2 is 1.58 bits per heavy atom. The number of methoxy groups -OCH3 is 1. The van der Waals surface area contributed by atoms with Gasteiger partial charge in [-0.05, 0) is 40.6 Å². The molecule has 0 aliphatic heterocycles. The molecule has 6 nitrogen and oxygen atoms in total. The summed E-state index contributed by atoms with van der Waals surface area (Å²) in [6.45, 7) is 0. The summed E-state index contributed by atoms with van der Waals surface area (Å²) in [6.07, 6.45) is 5.38. The molecule has 5 rings (SSSR count). The molecule has 1 aromatic heterocycles. The molecule has 0 fully saturated rings. The third kappa shape index (κ3) is 5.71. The van der Waals surface area contributed by atoms with E-state index in [4.69, 9.17) is 9.84 Å². The zero-order chi connectivity index (χ0) is 26.3. The van der Waals surface area contributed by atoms with Crippen LogP contribution in [0.25, 0.3) is 33.8 Å². The first-order valence-electron chi connectivity index (χ1n) is 12.4. The first-order chi connectivity index (χ1) is 18.6. The predicted octanol–water partition coefficient (Wildman–Crippen LogP) is 5.61. The Morgan fingerprint density at radius 3 is 2.32 bits per heavy atom. The van der Waals surface area contributed by atoms with Crippen LogP contribution in [0.1, 0.15) is 11.1 Å². The van der Waals surface area contributed by atoms with Gasteiger partial charge in [-0.15, -0.1) is 0 Å². The van der Waals surface area contributed by atoms with Gasteiger partial charge in [-0.2, -0.15) is 5.10 Å². The maximum Gasteiger partial charge on any atom is 0.328 e. The number of carbonyl (C=O) groups is 2. The molecule has 0 aliphatic rings. The number of fused-ring (bicyclic) bond motifs is 1. The van der Waals surface area contributed by atoms with Crippen molar-refractivity contribution in [1.29, 1.82) is 0 Å². The third-order valence-corrected chi connectivity index (χ3v) is 6.29. The van der Waals surface area contributed by atoms with Gasteiger partial charge in [0.15, 0.2) is 0 Å². The van der Waals surface area contributed by atoms with Crippen molar-refractivity contribution in [2.75, 3.05) is 7.11 Å². The fraction of sp³-hybridized carbons (Fsp3) is 0.0938. The molecule has 0 spiro atoms. The zero-order valence-corrected chi connectivity index (χ0v) is 21.0. The standard InChI is InChI=1S/C32H27N3O3/c1-38-32(37)29(20-23-10-4-2-5-11-23)33-30(36)19-18-27-22-35(28-14-6-3-7-15-28)34-31(27)26-17-16-24-12-8-9-13-25(24)21-26/h2-19,21-22,29H,20H2,1H3,(H,33,36)/b19-18-. The van der Waals surface area contributed by atoms with Gasteiger partial charge in [-0.25, -0.2) is 9.48 Å². The van der Waals surface area contributed by atoms with Crippen molar-refractivity contribution in [3.05, 3.63) is 127 Å². The first-order valence-corrected chi connectivity index (χ1v) is 12.4. The topological polar surface area (TPSA) is 73.2 Å². The molecular formula is C32H27N3O3. The lowest BCUT2D eigenvalue weighted by Gasteiger charge is -2.15. The Balaban J connectivity index is 1.44. The summed E-state index contributed by atoms with van der Waals surface area (Å²) >= 11 is 0. The van der Waals surface area contributed by atoms with E-state index in [0.29, 0.717) is 6.42 Å². The smallest absolute Gasteiger partial charge is 0.328 e. The van der Waals surface area contributed by atoms with E-state index in [1.807, 2.05) is 85.1 Å². The van der Waals surface area contributed by atoms with Crippen LogP contribution in [0.15, 0.2) is 115 Å². The average Bonchev–Trinajstić information content (AvgIpc) is 3.40. The van der Waals surface area contributed by atoms with Crippen LogP contribution in [0.2, 0.25) is 0 Å². The van der Waals surface area contributed by atoms with Crippen molar-refractivity contribution in [3.63, 3.8) is 0 Å². The van der Waals surface area contributed by atoms with Crippen molar-refractivity contribution >= 4 is 28.7 Å². The molecule has 0 radical (unpaired) electrons. The summed E-state index contributed by atoms with van der Waals surface area (Å²) in [5.74, 6) is -0.891. The number of carbonyl (C=O) groups excluding carboxylic acids is 2. The summed E-state index contributed by atoms with van der Waals surface area (Å²) in [6, 6.07) is 32.9. The number of aromatic nitrogens is 2. The van der Waals surface area contributed by atoms with Crippen molar-refractivity contribution in [3.8, 4) is 16.9 Å². The highest BCUT2D eigenvalue weighted by Crippen LogP contribution is 2.28. The second kappa shape index (κ2) is 11.4. The predicted molar refractivity (Wildman–Crippen MR) is 150 cm³/mol. The van der Waals surface area contributed by atoms with Crippen molar-refractivity contribution in [1.82, 2.24) is 15.1 Å². The Bertz CT molecular complexity index is 1590. The number of hydrogen-bond donors (Lipinski definition) is 1. The van der Waals surface area contributed by atoms with Gasteiger partial charge in [0.2, 0.25) is 5.91 Å². The van der Waals surface area contributed by atoms with Crippen molar-refractivity contribution in [2.45, 2.75) is 12.5 Å². The average molecular weight is 502 g/mol. The van der Waals surface area contributed by atoms with Crippen LogP contribution >= 0.6 is 0 Å². The molecule has 0 aliphatic carbocycles. The highest BCUT2D eigenvalue weighted by atomic mass is 16.5. The van der Waals surface area contributed by atoms with Crippen LogP contribution in [0, 0.1) is 0 Å². The molecule has 1 N–H and O–H groups in total. The van der Waals surface area contributed by atoms with Crippen LogP contribution in [0.3, 0.4) is 0 Å². The van der Waals surface area contributed by atoms with E-state index in [0.717, 1.165) is 38.8 Å². The van der Waals surface area contributed by atoms with Crippen LogP contribution in [-0.2, 0) is 20.7 Å². The monoisotopic (exact) mass is 501 g/mol. The molecule has 0 saturated carbocycles.